The summed E-state index contributed by atoms with van der Waals surface area (Å²) in [5.41, 5.74) is 0.664. The molecule has 128 valence electrons. The second kappa shape index (κ2) is 6.94. The van der Waals surface area contributed by atoms with E-state index in [4.69, 9.17) is 5.11 Å². The molecule has 1 saturated carbocycles. The van der Waals surface area contributed by atoms with Crippen LogP contribution >= 0.6 is 0 Å². The average molecular weight is 344 g/mol. The second-order valence-electron chi connectivity index (χ2n) is 5.83. The van der Waals surface area contributed by atoms with Crippen molar-refractivity contribution in [3.63, 3.8) is 0 Å². The zero-order chi connectivity index (χ0) is 17.2. The van der Waals surface area contributed by atoms with Gasteiger partial charge in [0.1, 0.15) is 10.7 Å². The number of carboxylic acid groups (broad SMARTS) is 1. The van der Waals surface area contributed by atoms with Gasteiger partial charge in [0.05, 0.1) is 6.54 Å². The van der Waals surface area contributed by atoms with Gasteiger partial charge in [0.15, 0.2) is 0 Å². The summed E-state index contributed by atoms with van der Waals surface area (Å²) in [4.78, 5) is 12.2. The van der Waals surface area contributed by atoms with Crippen LogP contribution in [0.1, 0.15) is 25.3 Å². The molecule has 0 spiro atoms. The van der Waals surface area contributed by atoms with E-state index in [9.17, 15) is 17.6 Å². The largest absolute Gasteiger partial charge is 0.480 e. The number of carboxylic acids is 1. The van der Waals surface area contributed by atoms with Crippen molar-refractivity contribution in [2.75, 3.05) is 13.1 Å². The molecule has 1 aromatic rings. The van der Waals surface area contributed by atoms with E-state index < -0.39 is 21.8 Å². The Morgan fingerprint density at radius 2 is 2.09 bits per heavy atom. The number of halogens is 1. The standard InChI is InChI=1S/C15H21FN2O4S/c1-3-18(9-15(19)20)12-7-11(8-12)17-23(21,22)14-6-10(2)4-5-13(14)16/h4-6,11-12,17H,3,7-9H2,1-2H3,(H,19,20). The van der Waals surface area contributed by atoms with E-state index in [1.54, 1.807) is 11.8 Å². The minimum Gasteiger partial charge on any atom is -0.480 e. The lowest BCUT2D eigenvalue weighted by Gasteiger charge is -2.42. The Bertz CT molecular complexity index is 687. The summed E-state index contributed by atoms with van der Waals surface area (Å²) < 4.78 is 40.8. The lowest BCUT2D eigenvalue weighted by molar-refractivity contribution is -0.139. The molecule has 6 nitrogen and oxygen atoms in total. The van der Waals surface area contributed by atoms with Gasteiger partial charge < -0.3 is 5.11 Å². The van der Waals surface area contributed by atoms with E-state index in [0.717, 1.165) is 6.07 Å². The van der Waals surface area contributed by atoms with Crippen molar-refractivity contribution in [1.29, 1.82) is 0 Å². The van der Waals surface area contributed by atoms with Gasteiger partial charge in [-0.25, -0.2) is 17.5 Å². The maximum Gasteiger partial charge on any atom is 0.317 e. The average Bonchev–Trinajstić information content (AvgIpc) is 2.42. The van der Waals surface area contributed by atoms with Crippen LogP contribution in [0.25, 0.3) is 0 Å². The molecule has 1 aliphatic carbocycles. The summed E-state index contributed by atoms with van der Waals surface area (Å²) in [7, 11) is -3.91. The highest BCUT2D eigenvalue weighted by Gasteiger charge is 2.36. The van der Waals surface area contributed by atoms with E-state index in [2.05, 4.69) is 4.72 Å². The smallest absolute Gasteiger partial charge is 0.317 e. The summed E-state index contributed by atoms with van der Waals surface area (Å²) in [5.74, 6) is -1.68. The highest BCUT2D eigenvalue weighted by Crippen LogP contribution is 2.27. The van der Waals surface area contributed by atoms with Crippen molar-refractivity contribution in [3.8, 4) is 0 Å². The number of nitrogens with zero attached hydrogens (tertiary/aromatic N) is 1. The molecule has 2 N–H and O–H groups in total. The van der Waals surface area contributed by atoms with Crippen LogP contribution in [0.5, 0.6) is 0 Å². The minimum atomic E-state index is -3.91. The minimum absolute atomic E-state index is 0.0335. The third-order valence-corrected chi connectivity index (χ3v) is 5.61. The van der Waals surface area contributed by atoms with E-state index >= 15 is 0 Å². The van der Waals surface area contributed by atoms with Crippen LogP contribution in [0.15, 0.2) is 23.1 Å². The fraction of sp³-hybridized carbons (Fsp3) is 0.533. The predicted octanol–water partition coefficient (Wildman–Crippen LogP) is 1.35. The quantitative estimate of drug-likeness (QED) is 0.780. The van der Waals surface area contributed by atoms with Crippen LogP contribution in [-0.4, -0.2) is 49.6 Å². The van der Waals surface area contributed by atoms with E-state index in [1.165, 1.54) is 12.1 Å². The van der Waals surface area contributed by atoms with E-state index in [-0.39, 0.29) is 23.5 Å². The fourth-order valence-electron chi connectivity index (χ4n) is 2.75. The van der Waals surface area contributed by atoms with Crippen molar-refractivity contribution in [2.45, 2.75) is 43.7 Å². The molecular weight excluding hydrogens is 323 g/mol. The lowest BCUT2D eigenvalue weighted by Crippen LogP contribution is -2.54. The number of nitrogens with one attached hydrogen (secondary N) is 1. The fourth-order valence-corrected chi connectivity index (χ4v) is 4.18. The molecule has 0 aromatic heterocycles. The predicted molar refractivity (Wildman–Crippen MR) is 83.2 cm³/mol. The molecule has 0 saturated heterocycles. The summed E-state index contributed by atoms with van der Waals surface area (Å²) in [6.45, 7) is 4.08. The summed E-state index contributed by atoms with van der Waals surface area (Å²) in [6, 6.07) is 3.69. The number of rotatable bonds is 7. The van der Waals surface area contributed by atoms with Gasteiger partial charge in [-0.1, -0.05) is 13.0 Å². The number of carbonyl (C=O) groups is 1. The summed E-state index contributed by atoms with van der Waals surface area (Å²) >= 11 is 0. The number of aryl methyl sites for hydroxylation is 1. The van der Waals surface area contributed by atoms with Crippen molar-refractivity contribution in [3.05, 3.63) is 29.6 Å². The summed E-state index contributed by atoms with van der Waals surface area (Å²) in [6.07, 6.45) is 1.04. The Hall–Kier alpha value is -1.51. The maximum absolute atomic E-state index is 13.7. The van der Waals surface area contributed by atoms with E-state index in [1.807, 2.05) is 6.92 Å². The molecule has 23 heavy (non-hydrogen) atoms. The molecule has 1 aliphatic rings. The normalized spacial score (nSPS) is 21.2. The van der Waals surface area contributed by atoms with Gasteiger partial charge in [-0.3, -0.25) is 9.69 Å². The van der Waals surface area contributed by atoms with Gasteiger partial charge in [-0.2, -0.15) is 0 Å². The van der Waals surface area contributed by atoms with Crippen LogP contribution < -0.4 is 4.72 Å². The zero-order valence-corrected chi connectivity index (χ0v) is 13.9. The highest BCUT2D eigenvalue weighted by molar-refractivity contribution is 7.89. The monoisotopic (exact) mass is 344 g/mol. The molecule has 8 heteroatoms. The SMILES string of the molecule is CCN(CC(=O)O)C1CC(NS(=O)(=O)c2cc(C)ccc2F)C1. The van der Waals surface area contributed by atoms with Gasteiger partial charge in [0, 0.05) is 12.1 Å². The Balaban J connectivity index is 1.99. The first-order valence-corrected chi connectivity index (χ1v) is 8.95. The maximum atomic E-state index is 13.7. The van der Waals surface area contributed by atoms with Crippen LogP contribution in [0.2, 0.25) is 0 Å². The molecule has 0 unspecified atom stereocenters. The molecule has 0 radical (unpaired) electrons. The number of benzene rings is 1. The number of aliphatic carboxylic acids is 1. The summed E-state index contributed by atoms with van der Waals surface area (Å²) in [5, 5.41) is 8.85. The first-order chi connectivity index (χ1) is 10.7. The first-order valence-electron chi connectivity index (χ1n) is 7.47. The van der Waals surface area contributed by atoms with Crippen molar-refractivity contribution in [1.82, 2.24) is 9.62 Å². The van der Waals surface area contributed by atoms with Crippen LogP contribution in [0.3, 0.4) is 0 Å². The Morgan fingerprint density at radius 1 is 1.43 bits per heavy atom. The van der Waals surface area contributed by atoms with Crippen molar-refractivity contribution >= 4 is 16.0 Å². The first kappa shape index (κ1) is 17.8. The Kier molecular flexibility index (Phi) is 5.38. The number of hydrogen-bond acceptors (Lipinski definition) is 4. The van der Waals surface area contributed by atoms with Crippen molar-refractivity contribution in [2.24, 2.45) is 0 Å². The lowest BCUT2D eigenvalue weighted by atomic mass is 9.86. The van der Waals surface area contributed by atoms with Gasteiger partial charge in [0.25, 0.3) is 0 Å². The highest BCUT2D eigenvalue weighted by atomic mass is 32.2. The number of likely N-dealkylation sites (N-methyl/N-ethyl adjacent to an activating group) is 1. The Morgan fingerprint density at radius 3 is 2.65 bits per heavy atom. The molecule has 2 rings (SSSR count). The van der Waals surface area contributed by atoms with Gasteiger partial charge in [0.2, 0.25) is 10.0 Å². The van der Waals surface area contributed by atoms with Crippen molar-refractivity contribution < 1.29 is 22.7 Å². The van der Waals surface area contributed by atoms with Gasteiger partial charge in [-0.05, 0) is 44.0 Å². The second-order valence-corrected chi connectivity index (χ2v) is 7.52. The molecule has 1 fully saturated rings. The molecule has 0 amide bonds. The van der Waals surface area contributed by atoms with Crippen LogP contribution in [0, 0.1) is 12.7 Å². The van der Waals surface area contributed by atoms with Gasteiger partial charge >= 0.3 is 5.97 Å². The third-order valence-electron chi connectivity index (χ3n) is 4.07. The number of sulfonamides is 1. The Labute approximate surface area is 135 Å². The molecule has 0 atom stereocenters. The van der Waals surface area contributed by atoms with Crippen LogP contribution in [-0.2, 0) is 14.8 Å². The molecule has 0 aliphatic heterocycles. The zero-order valence-electron chi connectivity index (χ0n) is 13.1. The topological polar surface area (TPSA) is 86.7 Å². The van der Waals surface area contributed by atoms with Gasteiger partial charge in [-0.15, -0.1) is 0 Å². The van der Waals surface area contributed by atoms with E-state index in [0.29, 0.717) is 24.9 Å². The molecular formula is C15H21FN2O4S. The molecule has 0 heterocycles. The molecule has 1 aromatic carbocycles. The number of hydrogen-bond donors (Lipinski definition) is 2. The van der Waals surface area contributed by atoms with Crippen LogP contribution in [0.4, 0.5) is 4.39 Å². The molecule has 0 bridgehead atoms. The third kappa shape index (κ3) is 4.27.